The second-order valence-electron chi connectivity index (χ2n) is 8.65. The average molecular weight is 503 g/mol. The zero-order valence-corrected chi connectivity index (χ0v) is 20.7. The van der Waals surface area contributed by atoms with Crippen LogP contribution in [-0.4, -0.2) is 58.2 Å². The average Bonchev–Trinajstić information content (AvgIpc) is 3.41. The van der Waals surface area contributed by atoms with Gasteiger partial charge in [-0.1, -0.05) is 36.3 Å². The number of likely N-dealkylation sites (tertiary alicyclic amines) is 1. The van der Waals surface area contributed by atoms with Crippen molar-refractivity contribution in [2.24, 2.45) is 0 Å². The molecule has 1 aromatic heterocycles. The molecular formula is C27H26N4O4S. The van der Waals surface area contributed by atoms with E-state index < -0.39 is 4.92 Å². The highest BCUT2D eigenvalue weighted by molar-refractivity contribution is 7.09. The topological polar surface area (TPSA) is 96.6 Å². The minimum Gasteiger partial charge on any atom is -0.340 e. The van der Waals surface area contributed by atoms with E-state index in [0.717, 1.165) is 29.0 Å². The van der Waals surface area contributed by atoms with Crippen molar-refractivity contribution in [2.45, 2.75) is 25.2 Å². The summed E-state index contributed by atoms with van der Waals surface area (Å²) in [7, 11) is 1.73. The number of nitro groups is 1. The Kier molecular flexibility index (Phi) is 8.08. The predicted molar refractivity (Wildman–Crippen MR) is 138 cm³/mol. The van der Waals surface area contributed by atoms with Gasteiger partial charge in [-0.3, -0.25) is 19.7 Å². The fraction of sp³-hybridized carbons (Fsp3) is 0.296. The van der Waals surface area contributed by atoms with Gasteiger partial charge < -0.3 is 9.80 Å². The van der Waals surface area contributed by atoms with E-state index in [-0.39, 0.29) is 23.4 Å². The molecule has 0 saturated carbocycles. The fourth-order valence-corrected chi connectivity index (χ4v) is 4.97. The van der Waals surface area contributed by atoms with Crippen molar-refractivity contribution in [3.8, 4) is 11.8 Å². The summed E-state index contributed by atoms with van der Waals surface area (Å²) < 4.78 is 0. The van der Waals surface area contributed by atoms with Crippen LogP contribution in [-0.2, 0) is 11.2 Å². The Balaban J connectivity index is 1.27. The highest BCUT2D eigenvalue weighted by Crippen LogP contribution is 2.30. The first-order valence-corrected chi connectivity index (χ1v) is 12.6. The van der Waals surface area contributed by atoms with Crippen molar-refractivity contribution in [3.05, 3.63) is 91.9 Å². The number of aromatic nitrogens is 1. The molecule has 0 atom stereocenters. The number of nitro benzene ring substituents is 1. The van der Waals surface area contributed by atoms with Crippen LogP contribution in [0.4, 0.5) is 5.69 Å². The van der Waals surface area contributed by atoms with Gasteiger partial charge >= 0.3 is 0 Å². The number of hydrogen-bond donors (Lipinski definition) is 0. The minimum atomic E-state index is -0.429. The summed E-state index contributed by atoms with van der Waals surface area (Å²) in [4.78, 5) is 43.7. The van der Waals surface area contributed by atoms with Crippen LogP contribution in [0.15, 0.2) is 60.0 Å². The molecule has 0 bridgehead atoms. The number of nitrogens with zero attached hydrogens (tertiary/aromatic N) is 4. The zero-order chi connectivity index (χ0) is 25.5. The molecule has 2 amide bonds. The van der Waals surface area contributed by atoms with E-state index in [4.69, 9.17) is 0 Å². The van der Waals surface area contributed by atoms with E-state index in [1.54, 1.807) is 34.4 Å². The Morgan fingerprint density at radius 3 is 2.50 bits per heavy atom. The summed E-state index contributed by atoms with van der Waals surface area (Å²) >= 11 is 1.48. The van der Waals surface area contributed by atoms with Crippen LogP contribution in [0.5, 0.6) is 0 Å². The lowest BCUT2D eigenvalue weighted by atomic mass is 9.97. The molecule has 1 fully saturated rings. The third-order valence-corrected chi connectivity index (χ3v) is 7.20. The number of carbonyl (C=O) groups is 2. The first-order valence-electron chi connectivity index (χ1n) is 11.7. The second kappa shape index (κ2) is 11.6. The molecule has 184 valence electrons. The van der Waals surface area contributed by atoms with Gasteiger partial charge in [0.25, 0.3) is 17.5 Å². The molecule has 2 heterocycles. The van der Waals surface area contributed by atoms with E-state index in [9.17, 15) is 19.7 Å². The number of non-ortho nitro benzene ring substituents is 1. The van der Waals surface area contributed by atoms with Crippen molar-refractivity contribution < 1.29 is 14.5 Å². The van der Waals surface area contributed by atoms with E-state index in [2.05, 4.69) is 16.8 Å². The molecule has 8 nitrogen and oxygen atoms in total. The number of likely N-dealkylation sites (N-methyl/N-ethyl adjacent to an activating group) is 1. The second-order valence-corrected chi connectivity index (χ2v) is 9.54. The highest BCUT2D eigenvalue weighted by atomic mass is 32.1. The third-order valence-electron chi connectivity index (χ3n) is 6.19. The molecule has 0 unspecified atom stereocenters. The third kappa shape index (κ3) is 6.34. The van der Waals surface area contributed by atoms with E-state index in [1.807, 2.05) is 30.3 Å². The van der Waals surface area contributed by atoms with Crippen molar-refractivity contribution in [3.63, 3.8) is 0 Å². The van der Waals surface area contributed by atoms with Crippen LogP contribution in [0.3, 0.4) is 0 Å². The number of piperidine rings is 1. The molecule has 9 heteroatoms. The molecule has 3 aromatic rings. The summed E-state index contributed by atoms with van der Waals surface area (Å²) in [5.74, 6) is 5.55. The van der Waals surface area contributed by atoms with Crippen LogP contribution in [0.25, 0.3) is 0 Å². The van der Waals surface area contributed by atoms with Crippen molar-refractivity contribution in [1.82, 2.24) is 14.8 Å². The van der Waals surface area contributed by atoms with Gasteiger partial charge in [0.15, 0.2) is 0 Å². The Morgan fingerprint density at radius 1 is 1.14 bits per heavy atom. The molecule has 0 radical (unpaired) electrons. The van der Waals surface area contributed by atoms with Crippen LogP contribution in [0, 0.1) is 22.0 Å². The molecule has 1 aliphatic rings. The predicted octanol–water partition coefficient (Wildman–Crippen LogP) is 4.12. The largest absolute Gasteiger partial charge is 0.340 e. The number of carbonyl (C=O) groups excluding carboxylic acids is 2. The molecule has 1 aliphatic heterocycles. The standard InChI is InChI=1S/C27H26N4O4S/c1-29(16-13-21-7-10-23(11-8-21)31(34)35)27(33)24-19-36-26(28-24)22-14-17-30(18-15-22)25(32)12-9-20-5-3-2-4-6-20/h2-8,10-11,19,22H,13-18H2,1H3. The molecular weight excluding hydrogens is 476 g/mol. The van der Waals surface area contributed by atoms with E-state index in [0.29, 0.717) is 31.7 Å². The van der Waals surface area contributed by atoms with E-state index >= 15 is 0 Å². The fourth-order valence-electron chi connectivity index (χ4n) is 4.01. The SMILES string of the molecule is CN(CCc1ccc([N+](=O)[O-])cc1)C(=O)c1csc(C2CCN(C(=O)C#Cc3ccccc3)CC2)n1. The molecule has 0 spiro atoms. The van der Waals surface area contributed by atoms with Gasteiger partial charge in [0, 0.05) is 61.6 Å². The van der Waals surface area contributed by atoms with Crippen molar-refractivity contribution in [2.75, 3.05) is 26.7 Å². The Morgan fingerprint density at radius 2 is 1.83 bits per heavy atom. The summed E-state index contributed by atoms with van der Waals surface area (Å²) in [5.41, 5.74) is 2.22. The molecule has 36 heavy (non-hydrogen) atoms. The van der Waals surface area contributed by atoms with Gasteiger partial charge in [-0.05, 0) is 37.0 Å². The van der Waals surface area contributed by atoms with Crippen LogP contribution < -0.4 is 0 Å². The molecule has 4 rings (SSSR count). The number of thiazole rings is 1. The molecule has 2 aromatic carbocycles. The van der Waals surface area contributed by atoms with Crippen LogP contribution >= 0.6 is 11.3 Å². The maximum absolute atomic E-state index is 12.8. The number of rotatable bonds is 6. The van der Waals surface area contributed by atoms with Gasteiger partial charge in [0.2, 0.25) is 0 Å². The maximum atomic E-state index is 12.8. The smallest absolute Gasteiger partial charge is 0.298 e. The van der Waals surface area contributed by atoms with Crippen molar-refractivity contribution in [1.29, 1.82) is 0 Å². The molecule has 0 N–H and O–H groups in total. The Labute approximate surface area is 213 Å². The summed E-state index contributed by atoms with van der Waals surface area (Å²) in [6.45, 7) is 1.71. The lowest BCUT2D eigenvalue weighted by Crippen LogP contribution is -2.37. The van der Waals surface area contributed by atoms with Gasteiger partial charge in [-0.15, -0.1) is 11.3 Å². The van der Waals surface area contributed by atoms with E-state index in [1.165, 1.54) is 23.5 Å². The highest BCUT2D eigenvalue weighted by Gasteiger charge is 2.26. The lowest BCUT2D eigenvalue weighted by Gasteiger charge is -2.29. The molecule has 0 aliphatic carbocycles. The quantitative estimate of drug-likeness (QED) is 0.287. The monoisotopic (exact) mass is 502 g/mol. The number of benzene rings is 2. The first kappa shape index (κ1) is 25.1. The normalized spacial score (nSPS) is 13.5. The summed E-state index contributed by atoms with van der Waals surface area (Å²) in [6, 6.07) is 15.8. The zero-order valence-electron chi connectivity index (χ0n) is 19.9. The minimum absolute atomic E-state index is 0.0495. The summed E-state index contributed by atoms with van der Waals surface area (Å²) in [6.07, 6.45) is 2.17. The number of amides is 2. The van der Waals surface area contributed by atoms with Gasteiger partial charge in [0.1, 0.15) is 5.69 Å². The van der Waals surface area contributed by atoms with Crippen molar-refractivity contribution >= 4 is 28.8 Å². The molecule has 1 saturated heterocycles. The van der Waals surface area contributed by atoms with Gasteiger partial charge in [-0.25, -0.2) is 4.98 Å². The maximum Gasteiger partial charge on any atom is 0.298 e. The number of hydrogen-bond acceptors (Lipinski definition) is 6. The lowest BCUT2D eigenvalue weighted by molar-refractivity contribution is -0.384. The van der Waals surface area contributed by atoms with Crippen LogP contribution in [0.2, 0.25) is 0 Å². The summed E-state index contributed by atoms with van der Waals surface area (Å²) in [5, 5.41) is 13.5. The van der Waals surface area contributed by atoms with Gasteiger partial charge in [-0.2, -0.15) is 0 Å². The first-order chi connectivity index (χ1) is 17.4. The van der Waals surface area contributed by atoms with Crippen LogP contribution in [0.1, 0.15) is 45.4 Å². The van der Waals surface area contributed by atoms with Gasteiger partial charge in [0.05, 0.1) is 9.93 Å². The Bertz CT molecular complexity index is 1290. The Hall–Kier alpha value is -4.03.